The molecule has 1 saturated heterocycles. The van der Waals surface area contributed by atoms with Crippen LogP contribution < -0.4 is 10.1 Å². The molecule has 0 spiro atoms. The van der Waals surface area contributed by atoms with E-state index in [0.717, 1.165) is 16.9 Å². The van der Waals surface area contributed by atoms with Crippen LogP contribution in [0.1, 0.15) is 11.1 Å². The van der Waals surface area contributed by atoms with Crippen molar-refractivity contribution in [3.05, 3.63) is 64.7 Å². The number of hydrogen-bond acceptors (Lipinski definition) is 5. The summed E-state index contributed by atoms with van der Waals surface area (Å²) >= 11 is 7.44. The topological polar surface area (TPSA) is 63.0 Å². The van der Waals surface area contributed by atoms with Crippen LogP contribution in [0.4, 0.5) is 0 Å². The van der Waals surface area contributed by atoms with Crippen molar-refractivity contribution in [3.63, 3.8) is 0 Å². The molecule has 0 atom stereocenters. The van der Waals surface area contributed by atoms with Crippen LogP contribution in [0.5, 0.6) is 5.75 Å². The normalized spacial score (nSPS) is 15.9. The molecule has 5 nitrogen and oxygen atoms in total. The highest BCUT2D eigenvalue weighted by molar-refractivity contribution is 8.15. The van der Waals surface area contributed by atoms with E-state index < -0.39 is 0 Å². The SMILES string of the molecule is O=C1CSC(=NN=Cc2ccc(OCc3ccccc3Cl)cc2)N1. The number of amides is 1. The van der Waals surface area contributed by atoms with Gasteiger partial charge in [0, 0.05) is 10.6 Å². The van der Waals surface area contributed by atoms with Gasteiger partial charge in [-0.15, -0.1) is 5.10 Å². The molecule has 0 unspecified atom stereocenters. The van der Waals surface area contributed by atoms with Gasteiger partial charge in [0.1, 0.15) is 12.4 Å². The van der Waals surface area contributed by atoms with Gasteiger partial charge in [-0.05, 0) is 35.9 Å². The Hall–Kier alpha value is -2.31. The second kappa shape index (κ2) is 7.99. The van der Waals surface area contributed by atoms with E-state index in [-0.39, 0.29) is 5.91 Å². The molecule has 2 aromatic carbocycles. The molecule has 0 bridgehead atoms. The lowest BCUT2D eigenvalue weighted by Gasteiger charge is -2.07. The lowest BCUT2D eigenvalue weighted by molar-refractivity contribution is -0.116. The first-order valence-electron chi connectivity index (χ1n) is 7.21. The molecule has 1 fully saturated rings. The molecular weight excluding hydrogens is 346 g/mol. The second-order valence-electron chi connectivity index (χ2n) is 4.94. The number of halogens is 1. The first kappa shape index (κ1) is 16.5. The Morgan fingerprint density at radius 3 is 2.71 bits per heavy atom. The van der Waals surface area contributed by atoms with Crippen molar-refractivity contribution in [2.24, 2.45) is 10.2 Å². The molecule has 1 heterocycles. The quantitative estimate of drug-likeness (QED) is 0.656. The standard InChI is InChI=1S/C17H14ClN3O2S/c18-15-4-2-1-3-13(15)10-23-14-7-5-12(6-8-14)9-19-21-17-20-16(22)11-24-17/h1-9H,10-11H2,(H,20,21,22). The summed E-state index contributed by atoms with van der Waals surface area (Å²) in [5.74, 6) is 1.09. The fraction of sp³-hybridized carbons (Fsp3) is 0.118. The Morgan fingerprint density at radius 2 is 2.00 bits per heavy atom. The molecule has 1 amide bonds. The van der Waals surface area contributed by atoms with E-state index in [4.69, 9.17) is 16.3 Å². The van der Waals surface area contributed by atoms with Gasteiger partial charge in [-0.3, -0.25) is 4.79 Å². The Balaban J connectivity index is 1.55. The largest absolute Gasteiger partial charge is 0.489 e. The highest BCUT2D eigenvalue weighted by atomic mass is 35.5. The first-order chi connectivity index (χ1) is 11.7. The number of carbonyl (C=O) groups is 1. The lowest BCUT2D eigenvalue weighted by Crippen LogP contribution is -2.19. The van der Waals surface area contributed by atoms with Gasteiger partial charge in [-0.25, -0.2) is 0 Å². The van der Waals surface area contributed by atoms with Crippen LogP contribution in [0.3, 0.4) is 0 Å². The average Bonchev–Trinajstić information content (AvgIpc) is 3.01. The molecule has 0 aliphatic carbocycles. The second-order valence-corrected chi connectivity index (χ2v) is 6.31. The molecule has 7 heteroatoms. The maximum absolute atomic E-state index is 11.0. The summed E-state index contributed by atoms with van der Waals surface area (Å²) in [5, 5.41) is 11.7. The van der Waals surface area contributed by atoms with E-state index in [1.165, 1.54) is 11.8 Å². The van der Waals surface area contributed by atoms with E-state index in [0.29, 0.717) is 22.6 Å². The third kappa shape index (κ3) is 4.59. The van der Waals surface area contributed by atoms with Crippen molar-refractivity contribution in [3.8, 4) is 5.75 Å². The summed E-state index contributed by atoms with van der Waals surface area (Å²) in [6.45, 7) is 0.414. The van der Waals surface area contributed by atoms with Crippen molar-refractivity contribution in [1.82, 2.24) is 5.32 Å². The lowest BCUT2D eigenvalue weighted by atomic mass is 10.2. The molecule has 0 saturated carbocycles. The van der Waals surface area contributed by atoms with E-state index >= 15 is 0 Å². The monoisotopic (exact) mass is 359 g/mol. The molecule has 2 aromatic rings. The maximum atomic E-state index is 11.0. The molecule has 1 aliphatic rings. The van der Waals surface area contributed by atoms with Crippen molar-refractivity contribution in [2.75, 3.05) is 5.75 Å². The molecule has 0 radical (unpaired) electrons. The molecule has 24 heavy (non-hydrogen) atoms. The average molecular weight is 360 g/mol. The van der Waals surface area contributed by atoms with Gasteiger partial charge in [0.25, 0.3) is 0 Å². The first-order valence-corrected chi connectivity index (χ1v) is 8.57. The molecular formula is C17H14ClN3O2S. The number of ether oxygens (including phenoxy) is 1. The van der Waals surface area contributed by atoms with Crippen LogP contribution in [-0.4, -0.2) is 23.0 Å². The van der Waals surface area contributed by atoms with Gasteiger partial charge in [0.05, 0.1) is 12.0 Å². The van der Waals surface area contributed by atoms with Crippen molar-refractivity contribution < 1.29 is 9.53 Å². The number of rotatable bonds is 5. The van der Waals surface area contributed by atoms with Crippen molar-refractivity contribution >= 4 is 40.7 Å². The van der Waals surface area contributed by atoms with E-state index in [2.05, 4.69) is 15.5 Å². The number of benzene rings is 2. The third-order valence-electron chi connectivity index (χ3n) is 3.17. The number of carbonyl (C=O) groups excluding carboxylic acids is 1. The minimum Gasteiger partial charge on any atom is -0.489 e. The summed E-state index contributed by atoms with van der Waals surface area (Å²) < 4.78 is 5.72. The highest BCUT2D eigenvalue weighted by Crippen LogP contribution is 2.18. The summed E-state index contributed by atoms with van der Waals surface area (Å²) in [4.78, 5) is 11.0. The predicted molar refractivity (Wildman–Crippen MR) is 97.9 cm³/mol. The summed E-state index contributed by atoms with van der Waals surface area (Å²) in [6.07, 6.45) is 1.62. The van der Waals surface area contributed by atoms with Crippen LogP contribution in [0.15, 0.2) is 58.7 Å². The number of amidine groups is 1. The number of nitrogens with zero attached hydrogens (tertiary/aromatic N) is 2. The summed E-state index contributed by atoms with van der Waals surface area (Å²) in [5.41, 5.74) is 1.83. The van der Waals surface area contributed by atoms with Crippen LogP contribution >= 0.6 is 23.4 Å². The van der Waals surface area contributed by atoms with E-state index in [1.54, 1.807) is 6.21 Å². The van der Waals surface area contributed by atoms with E-state index in [1.807, 2.05) is 48.5 Å². The highest BCUT2D eigenvalue weighted by Gasteiger charge is 2.15. The van der Waals surface area contributed by atoms with Gasteiger partial charge in [0.15, 0.2) is 5.17 Å². The Morgan fingerprint density at radius 1 is 1.21 bits per heavy atom. The minimum atomic E-state index is -0.0472. The smallest absolute Gasteiger partial charge is 0.236 e. The van der Waals surface area contributed by atoms with Crippen molar-refractivity contribution in [1.29, 1.82) is 0 Å². The van der Waals surface area contributed by atoms with Crippen LogP contribution in [0.25, 0.3) is 0 Å². The fourth-order valence-electron chi connectivity index (χ4n) is 1.95. The number of hydrogen-bond donors (Lipinski definition) is 1. The van der Waals surface area contributed by atoms with Gasteiger partial charge < -0.3 is 10.1 Å². The molecule has 0 aromatic heterocycles. The zero-order valence-electron chi connectivity index (χ0n) is 12.6. The van der Waals surface area contributed by atoms with Gasteiger partial charge >= 0.3 is 0 Å². The molecule has 3 rings (SSSR count). The molecule has 122 valence electrons. The number of thioether (sulfide) groups is 1. The molecule has 1 aliphatic heterocycles. The van der Waals surface area contributed by atoms with E-state index in [9.17, 15) is 4.79 Å². The fourth-order valence-corrected chi connectivity index (χ4v) is 2.77. The zero-order chi connectivity index (χ0) is 16.8. The minimum absolute atomic E-state index is 0.0472. The summed E-state index contributed by atoms with van der Waals surface area (Å²) in [7, 11) is 0. The predicted octanol–water partition coefficient (Wildman–Crippen LogP) is 3.47. The summed E-state index contributed by atoms with van der Waals surface area (Å²) in [6, 6.07) is 15.1. The zero-order valence-corrected chi connectivity index (χ0v) is 14.2. The number of nitrogens with one attached hydrogen (secondary N) is 1. The van der Waals surface area contributed by atoms with Crippen molar-refractivity contribution in [2.45, 2.75) is 6.61 Å². The van der Waals surface area contributed by atoms with Crippen LogP contribution in [0.2, 0.25) is 5.02 Å². The maximum Gasteiger partial charge on any atom is 0.236 e. The van der Waals surface area contributed by atoms with Gasteiger partial charge in [-0.1, -0.05) is 41.6 Å². The third-order valence-corrected chi connectivity index (χ3v) is 4.41. The molecule has 1 N–H and O–H groups in total. The van der Waals surface area contributed by atoms with Crippen LogP contribution in [0, 0.1) is 0 Å². The van der Waals surface area contributed by atoms with Gasteiger partial charge in [0.2, 0.25) is 5.91 Å². The Labute approximate surface area is 148 Å². The Kier molecular flexibility index (Phi) is 5.51. The van der Waals surface area contributed by atoms with Gasteiger partial charge in [-0.2, -0.15) is 5.10 Å². The Bertz CT molecular complexity index is 791. The van der Waals surface area contributed by atoms with Crippen LogP contribution in [-0.2, 0) is 11.4 Å².